The topological polar surface area (TPSA) is 69.0 Å². The van der Waals surface area contributed by atoms with E-state index in [1.165, 1.54) is 12.1 Å². The van der Waals surface area contributed by atoms with Gasteiger partial charge in [0.25, 0.3) is 5.91 Å². The van der Waals surface area contributed by atoms with Crippen LogP contribution in [0.25, 0.3) is 5.69 Å². The molecule has 0 spiro atoms. The standard InChI is InChI=1S/C25H21F3N4O2/c1-17-8-10-20(11-9-17)32-23(25(26,27)28)22(15-31-32)24(33)30-14-18-5-4-7-21(13-18)34-16-19-6-2-3-12-29-19/h2-13,15H,14,16H2,1H3,(H,30,33). The molecule has 2 aromatic heterocycles. The van der Waals surface area contributed by atoms with Crippen LogP contribution in [0.4, 0.5) is 13.2 Å². The van der Waals surface area contributed by atoms with Gasteiger partial charge < -0.3 is 10.1 Å². The molecule has 9 heteroatoms. The van der Waals surface area contributed by atoms with Crippen molar-refractivity contribution in [3.8, 4) is 11.4 Å². The summed E-state index contributed by atoms with van der Waals surface area (Å²) >= 11 is 0. The van der Waals surface area contributed by atoms with E-state index < -0.39 is 23.3 Å². The highest BCUT2D eigenvalue weighted by atomic mass is 19.4. The van der Waals surface area contributed by atoms with Gasteiger partial charge in [-0.25, -0.2) is 4.68 Å². The number of carbonyl (C=O) groups is 1. The zero-order valence-corrected chi connectivity index (χ0v) is 18.2. The summed E-state index contributed by atoms with van der Waals surface area (Å²) in [6, 6.07) is 18.9. The molecule has 1 N–H and O–H groups in total. The highest BCUT2D eigenvalue weighted by Gasteiger charge is 2.40. The molecule has 0 unspecified atom stereocenters. The van der Waals surface area contributed by atoms with Crippen molar-refractivity contribution in [2.24, 2.45) is 0 Å². The van der Waals surface area contributed by atoms with Crippen LogP contribution in [0.3, 0.4) is 0 Å². The number of nitrogens with one attached hydrogen (secondary N) is 1. The third-order valence-corrected chi connectivity index (χ3v) is 5.03. The maximum atomic E-state index is 13.8. The largest absolute Gasteiger partial charge is 0.487 e. The number of alkyl halides is 3. The van der Waals surface area contributed by atoms with Crippen molar-refractivity contribution in [3.05, 3.63) is 107 Å². The Morgan fingerprint density at radius 1 is 1.06 bits per heavy atom. The van der Waals surface area contributed by atoms with Crippen LogP contribution in [0, 0.1) is 6.92 Å². The van der Waals surface area contributed by atoms with Crippen LogP contribution < -0.4 is 10.1 Å². The molecule has 1 amide bonds. The molecule has 2 aromatic carbocycles. The molecule has 0 saturated heterocycles. The predicted octanol–water partition coefficient (Wildman–Crippen LogP) is 5.10. The second-order valence-electron chi connectivity index (χ2n) is 7.59. The second-order valence-corrected chi connectivity index (χ2v) is 7.59. The van der Waals surface area contributed by atoms with E-state index in [0.717, 1.165) is 22.1 Å². The van der Waals surface area contributed by atoms with Gasteiger partial charge in [0.1, 0.15) is 12.4 Å². The van der Waals surface area contributed by atoms with Gasteiger partial charge in [-0.15, -0.1) is 0 Å². The van der Waals surface area contributed by atoms with Gasteiger partial charge in [0.2, 0.25) is 0 Å². The first-order valence-electron chi connectivity index (χ1n) is 10.4. The van der Waals surface area contributed by atoms with Crippen molar-refractivity contribution in [2.45, 2.75) is 26.3 Å². The first kappa shape index (κ1) is 23.0. The third kappa shape index (κ3) is 5.43. The summed E-state index contributed by atoms with van der Waals surface area (Å²) in [4.78, 5) is 16.9. The molecule has 4 rings (SSSR count). The van der Waals surface area contributed by atoms with Crippen LogP contribution in [0.1, 0.15) is 32.9 Å². The SMILES string of the molecule is Cc1ccc(-n2ncc(C(=O)NCc3cccc(OCc4ccccn4)c3)c2C(F)(F)F)cc1. The Bertz CT molecular complexity index is 1270. The lowest BCUT2D eigenvalue weighted by molar-refractivity contribution is -0.143. The van der Waals surface area contributed by atoms with Gasteiger partial charge in [0, 0.05) is 12.7 Å². The van der Waals surface area contributed by atoms with Crippen LogP contribution in [-0.4, -0.2) is 20.7 Å². The normalized spacial score (nSPS) is 11.3. The first-order valence-corrected chi connectivity index (χ1v) is 10.4. The van der Waals surface area contributed by atoms with Crippen LogP contribution >= 0.6 is 0 Å². The van der Waals surface area contributed by atoms with Gasteiger partial charge in [-0.05, 0) is 48.9 Å². The van der Waals surface area contributed by atoms with Crippen LogP contribution in [0.5, 0.6) is 5.75 Å². The van der Waals surface area contributed by atoms with Crippen molar-refractivity contribution in [1.29, 1.82) is 0 Å². The number of aromatic nitrogens is 3. The first-order chi connectivity index (χ1) is 16.3. The molecule has 0 bridgehead atoms. The summed E-state index contributed by atoms with van der Waals surface area (Å²) < 4.78 is 48.0. The number of benzene rings is 2. The van der Waals surface area contributed by atoms with Crippen molar-refractivity contribution in [3.63, 3.8) is 0 Å². The minimum Gasteiger partial charge on any atom is -0.487 e. The van der Waals surface area contributed by atoms with E-state index in [-0.39, 0.29) is 18.8 Å². The minimum absolute atomic E-state index is 0.0205. The summed E-state index contributed by atoms with van der Waals surface area (Å²) in [5, 5.41) is 6.38. The Morgan fingerprint density at radius 3 is 2.56 bits per heavy atom. The second kappa shape index (κ2) is 9.78. The average Bonchev–Trinajstić information content (AvgIpc) is 3.29. The smallest absolute Gasteiger partial charge is 0.434 e. The molecule has 2 heterocycles. The highest BCUT2D eigenvalue weighted by Crippen LogP contribution is 2.33. The zero-order valence-electron chi connectivity index (χ0n) is 18.2. The number of hydrogen-bond donors (Lipinski definition) is 1. The lowest BCUT2D eigenvalue weighted by Crippen LogP contribution is -2.26. The van der Waals surface area contributed by atoms with Crippen molar-refractivity contribution < 1.29 is 22.7 Å². The van der Waals surface area contributed by atoms with E-state index in [1.54, 1.807) is 42.6 Å². The van der Waals surface area contributed by atoms with E-state index in [2.05, 4.69) is 15.4 Å². The maximum Gasteiger partial charge on any atom is 0.434 e. The van der Waals surface area contributed by atoms with E-state index in [1.807, 2.05) is 25.1 Å². The molecule has 6 nitrogen and oxygen atoms in total. The zero-order chi connectivity index (χ0) is 24.1. The van der Waals surface area contributed by atoms with Crippen LogP contribution in [0.15, 0.2) is 79.1 Å². The van der Waals surface area contributed by atoms with Gasteiger partial charge in [-0.1, -0.05) is 35.9 Å². The van der Waals surface area contributed by atoms with E-state index in [4.69, 9.17) is 4.74 Å². The molecule has 174 valence electrons. The van der Waals surface area contributed by atoms with Gasteiger partial charge in [-0.2, -0.15) is 18.3 Å². The summed E-state index contributed by atoms with van der Waals surface area (Å²) in [6.07, 6.45) is -2.17. The Labute approximate surface area is 194 Å². The Hall–Kier alpha value is -4.14. The third-order valence-electron chi connectivity index (χ3n) is 5.03. The number of halogens is 3. The fourth-order valence-corrected chi connectivity index (χ4v) is 3.33. The molecule has 0 atom stereocenters. The highest BCUT2D eigenvalue weighted by molar-refractivity contribution is 5.95. The number of nitrogens with zero attached hydrogens (tertiary/aromatic N) is 3. The van der Waals surface area contributed by atoms with Crippen LogP contribution in [0.2, 0.25) is 0 Å². The summed E-state index contributed by atoms with van der Waals surface area (Å²) in [5.41, 5.74) is 0.873. The molecular weight excluding hydrogens is 445 g/mol. The molecule has 34 heavy (non-hydrogen) atoms. The molecule has 4 aromatic rings. The van der Waals surface area contributed by atoms with E-state index in [9.17, 15) is 18.0 Å². The molecular formula is C25H21F3N4O2. The lowest BCUT2D eigenvalue weighted by Gasteiger charge is -2.13. The van der Waals surface area contributed by atoms with Gasteiger partial charge in [0.15, 0.2) is 5.69 Å². The summed E-state index contributed by atoms with van der Waals surface area (Å²) in [6.45, 7) is 2.12. The number of aryl methyl sites for hydroxylation is 1. The number of amides is 1. The summed E-state index contributed by atoms with van der Waals surface area (Å²) in [5.74, 6) is -0.314. The number of pyridine rings is 1. The van der Waals surface area contributed by atoms with E-state index >= 15 is 0 Å². The van der Waals surface area contributed by atoms with Gasteiger partial charge in [-0.3, -0.25) is 9.78 Å². The van der Waals surface area contributed by atoms with Crippen molar-refractivity contribution >= 4 is 5.91 Å². The van der Waals surface area contributed by atoms with Crippen molar-refractivity contribution in [2.75, 3.05) is 0 Å². The van der Waals surface area contributed by atoms with Gasteiger partial charge >= 0.3 is 6.18 Å². The molecule has 0 aliphatic carbocycles. The Morgan fingerprint density at radius 2 is 1.85 bits per heavy atom. The lowest BCUT2D eigenvalue weighted by atomic mass is 10.1. The molecule has 0 aliphatic rings. The Balaban J connectivity index is 1.47. The number of rotatable bonds is 7. The molecule has 0 saturated carbocycles. The number of hydrogen-bond acceptors (Lipinski definition) is 4. The summed E-state index contributed by atoms with van der Waals surface area (Å²) in [7, 11) is 0. The van der Waals surface area contributed by atoms with Crippen molar-refractivity contribution in [1.82, 2.24) is 20.1 Å². The fourth-order valence-electron chi connectivity index (χ4n) is 3.33. The predicted molar refractivity (Wildman–Crippen MR) is 119 cm³/mol. The Kier molecular flexibility index (Phi) is 6.62. The van der Waals surface area contributed by atoms with E-state index in [0.29, 0.717) is 11.3 Å². The molecule has 0 radical (unpaired) electrons. The maximum absolute atomic E-state index is 13.8. The van der Waals surface area contributed by atoms with Gasteiger partial charge in [0.05, 0.1) is 23.1 Å². The quantitative estimate of drug-likeness (QED) is 0.411. The molecule has 0 aliphatic heterocycles. The number of carbonyl (C=O) groups excluding carboxylic acids is 1. The monoisotopic (exact) mass is 466 g/mol. The minimum atomic E-state index is -4.77. The number of ether oxygens (including phenoxy) is 1. The fraction of sp³-hybridized carbons (Fsp3) is 0.160. The van der Waals surface area contributed by atoms with Crippen LogP contribution in [-0.2, 0) is 19.3 Å². The molecule has 0 fully saturated rings. The average molecular weight is 466 g/mol.